The number of nitrogens with one attached hydrogen (secondary N) is 2. The molecule has 0 radical (unpaired) electrons. The number of rotatable bonds is 7. The van der Waals surface area contributed by atoms with Crippen molar-refractivity contribution in [1.82, 2.24) is 15.0 Å². The zero-order valence-corrected chi connectivity index (χ0v) is 14.7. The van der Waals surface area contributed by atoms with E-state index in [0.717, 1.165) is 16.6 Å². The largest absolute Gasteiger partial charge is 0.316 e. The van der Waals surface area contributed by atoms with Crippen LogP contribution in [0.25, 0.3) is 10.6 Å². The zero-order valence-electron chi connectivity index (χ0n) is 11.5. The molecule has 114 valence electrons. The van der Waals surface area contributed by atoms with Crippen LogP contribution < -0.4 is 10.0 Å². The summed E-state index contributed by atoms with van der Waals surface area (Å²) in [4.78, 5) is 4.21. The molecule has 0 spiro atoms. The standard InChI is InChI=1S/C13H16BrN3O2S2/c1-2-15-7-8-16-21(18,19)12-9-20-13(17-12)10-3-5-11(14)6-4-10/h3-6,9,15-16H,2,7-8H2,1H3. The lowest BCUT2D eigenvalue weighted by molar-refractivity contribution is 0.574. The van der Waals surface area contributed by atoms with E-state index < -0.39 is 10.0 Å². The Morgan fingerprint density at radius 3 is 2.62 bits per heavy atom. The van der Waals surface area contributed by atoms with Crippen molar-refractivity contribution in [3.63, 3.8) is 0 Å². The Labute approximate surface area is 137 Å². The number of nitrogens with zero attached hydrogens (tertiary/aromatic N) is 1. The fourth-order valence-corrected chi connectivity index (χ4v) is 4.02. The van der Waals surface area contributed by atoms with Crippen LogP contribution >= 0.6 is 27.3 Å². The SMILES string of the molecule is CCNCCNS(=O)(=O)c1csc(-c2ccc(Br)cc2)n1. The number of thiazole rings is 1. The Kier molecular flexibility index (Phi) is 5.88. The Morgan fingerprint density at radius 1 is 1.24 bits per heavy atom. The number of aromatic nitrogens is 1. The molecule has 2 rings (SSSR count). The number of likely N-dealkylation sites (N-methyl/N-ethyl adjacent to an activating group) is 1. The van der Waals surface area contributed by atoms with E-state index in [2.05, 4.69) is 31.0 Å². The van der Waals surface area contributed by atoms with Gasteiger partial charge in [0, 0.05) is 28.5 Å². The first-order chi connectivity index (χ1) is 10.0. The van der Waals surface area contributed by atoms with E-state index in [1.165, 1.54) is 11.3 Å². The van der Waals surface area contributed by atoms with Gasteiger partial charge in [0.1, 0.15) is 5.01 Å². The third-order valence-electron chi connectivity index (χ3n) is 2.69. The van der Waals surface area contributed by atoms with E-state index in [0.29, 0.717) is 18.1 Å². The quantitative estimate of drug-likeness (QED) is 0.713. The van der Waals surface area contributed by atoms with Gasteiger partial charge in [-0.15, -0.1) is 11.3 Å². The smallest absolute Gasteiger partial charge is 0.258 e. The molecular formula is C13H16BrN3O2S2. The van der Waals surface area contributed by atoms with Crippen LogP contribution in [-0.4, -0.2) is 33.0 Å². The average Bonchev–Trinajstić information content (AvgIpc) is 2.95. The normalized spacial score (nSPS) is 11.7. The molecule has 0 unspecified atom stereocenters. The van der Waals surface area contributed by atoms with Crippen molar-refractivity contribution >= 4 is 37.3 Å². The van der Waals surface area contributed by atoms with Crippen molar-refractivity contribution in [3.8, 4) is 10.6 Å². The summed E-state index contributed by atoms with van der Waals surface area (Å²) in [6.07, 6.45) is 0. The van der Waals surface area contributed by atoms with E-state index in [-0.39, 0.29) is 5.03 Å². The minimum atomic E-state index is -3.54. The van der Waals surface area contributed by atoms with Gasteiger partial charge < -0.3 is 5.32 Å². The highest BCUT2D eigenvalue weighted by Crippen LogP contribution is 2.26. The topological polar surface area (TPSA) is 71.1 Å². The predicted octanol–water partition coefficient (Wildman–Crippen LogP) is 2.46. The molecule has 0 amide bonds. The van der Waals surface area contributed by atoms with Gasteiger partial charge in [-0.3, -0.25) is 0 Å². The molecule has 1 heterocycles. The highest BCUT2D eigenvalue weighted by molar-refractivity contribution is 9.10. The summed E-state index contributed by atoms with van der Waals surface area (Å²) in [6, 6.07) is 7.61. The van der Waals surface area contributed by atoms with Crippen molar-refractivity contribution in [2.45, 2.75) is 11.9 Å². The Hall–Kier alpha value is -0.800. The third kappa shape index (κ3) is 4.58. The van der Waals surface area contributed by atoms with Gasteiger partial charge in [0.05, 0.1) is 0 Å². The molecule has 1 aromatic heterocycles. The maximum atomic E-state index is 12.1. The Balaban J connectivity index is 2.10. The second-order valence-electron chi connectivity index (χ2n) is 4.25. The van der Waals surface area contributed by atoms with Crippen LogP contribution in [0, 0.1) is 0 Å². The fourth-order valence-electron chi connectivity index (χ4n) is 1.63. The van der Waals surface area contributed by atoms with Crippen LogP contribution in [-0.2, 0) is 10.0 Å². The molecule has 2 N–H and O–H groups in total. The molecule has 0 saturated carbocycles. The second-order valence-corrected chi connectivity index (χ2v) is 7.74. The van der Waals surface area contributed by atoms with Crippen molar-refractivity contribution in [2.75, 3.05) is 19.6 Å². The van der Waals surface area contributed by atoms with Gasteiger partial charge in [-0.2, -0.15) is 0 Å². The van der Waals surface area contributed by atoms with Crippen LogP contribution in [0.2, 0.25) is 0 Å². The van der Waals surface area contributed by atoms with Gasteiger partial charge in [0.25, 0.3) is 10.0 Å². The number of sulfonamides is 1. The predicted molar refractivity (Wildman–Crippen MR) is 89.0 cm³/mol. The summed E-state index contributed by atoms with van der Waals surface area (Å²) >= 11 is 4.69. The van der Waals surface area contributed by atoms with E-state index in [9.17, 15) is 8.42 Å². The number of hydrogen-bond donors (Lipinski definition) is 2. The summed E-state index contributed by atoms with van der Waals surface area (Å²) in [5.74, 6) is 0. The summed E-state index contributed by atoms with van der Waals surface area (Å²) in [5.41, 5.74) is 0.900. The second kappa shape index (κ2) is 7.46. The first-order valence-electron chi connectivity index (χ1n) is 6.45. The van der Waals surface area contributed by atoms with Crippen LogP contribution in [0.5, 0.6) is 0 Å². The van der Waals surface area contributed by atoms with E-state index >= 15 is 0 Å². The van der Waals surface area contributed by atoms with E-state index in [1.807, 2.05) is 31.2 Å². The van der Waals surface area contributed by atoms with Crippen LogP contribution in [0.15, 0.2) is 39.1 Å². The molecule has 0 saturated heterocycles. The fraction of sp³-hybridized carbons (Fsp3) is 0.308. The first kappa shape index (κ1) is 16.6. The number of halogens is 1. The van der Waals surface area contributed by atoms with Crippen molar-refractivity contribution in [3.05, 3.63) is 34.1 Å². The van der Waals surface area contributed by atoms with Gasteiger partial charge in [-0.05, 0) is 18.7 Å². The molecule has 8 heteroatoms. The monoisotopic (exact) mass is 389 g/mol. The minimum Gasteiger partial charge on any atom is -0.316 e. The van der Waals surface area contributed by atoms with Gasteiger partial charge >= 0.3 is 0 Å². The maximum Gasteiger partial charge on any atom is 0.258 e. The first-order valence-corrected chi connectivity index (χ1v) is 9.60. The highest BCUT2D eigenvalue weighted by atomic mass is 79.9. The Bertz CT molecular complexity index is 684. The van der Waals surface area contributed by atoms with Gasteiger partial charge in [-0.1, -0.05) is 35.0 Å². The minimum absolute atomic E-state index is 0.0712. The lowest BCUT2D eigenvalue weighted by Gasteiger charge is -2.04. The molecular weight excluding hydrogens is 374 g/mol. The molecule has 0 bridgehead atoms. The lowest BCUT2D eigenvalue weighted by Crippen LogP contribution is -2.31. The van der Waals surface area contributed by atoms with Gasteiger partial charge in [0.2, 0.25) is 0 Å². The summed E-state index contributed by atoms with van der Waals surface area (Å²) in [5, 5.41) is 5.38. The van der Waals surface area contributed by atoms with Gasteiger partial charge in [-0.25, -0.2) is 18.1 Å². The maximum absolute atomic E-state index is 12.1. The highest BCUT2D eigenvalue weighted by Gasteiger charge is 2.17. The molecule has 2 aromatic rings. The number of hydrogen-bond acceptors (Lipinski definition) is 5. The lowest BCUT2D eigenvalue weighted by atomic mass is 10.2. The summed E-state index contributed by atoms with van der Waals surface area (Å²) < 4.78 is 27.7. The molecule has 0 atom stereocenters. The number of benzene rings is 1. The average molecular weight is 390 g/mol. The van der Waals surface area contributed by atoms with Gasteiger partial charge in [0.15, 0.2) is 5.03 Å². The molecule has 21 heavy (non-hydrogen) atoms. The molecule has 0 aliphatic rings. The zero-order chi connectivity index (χ0) is 15.3. The van der Waals surface area contributed by atoms with Crippen LogP contribution in [0.4, 0.5) is 0 Å². The molecule has 5 nitrogen and oxygen atoms in total. The Morgan fingerprint density at radius 2 is 1.95 bits per heavy atom. The van der Waals surface area contributed by atoms with Crippen molar-refractivity contribution in [1.29, 1.82) is 0 Å². The van der Waals surface area contributed by atoms with Crippen LogP contribution in [0.1, 0.15) is 6.92 Å². The van der Waals surface area contributed by atoms with Crippen LogP contribution in [0.3, 0.4) is 0 Å². The van der Waals surface area contributed by atoms with E-state index in [4.69, 9.17) is 0 Å². The summed E-state index contributed by atoms with van der Waals surface area (Å²) in [6.45, 7) is 3.73. The molecule has 0 aliphatic heterocycles. The van der Waals surface area contributed by atoms with Crippen molar-refractivity contribution in [2.24, 2.45) is 0 Å². The third-order valence-corrected chi connectivity index (χ3v) is 5.61. The molecule has 0 aliphatic carbocycles. The van der Waals surface area contributed by atoms with Crippen molar-refractivity contribution < 1.29 is 8.42 Å². The molecule has 1 aromatic carbocycles. The molecule has 0 fully saturated rings. The van der Waals surface area contributed by atoms with E-state index in [1.54, 1.807) is 5.38 Å². The summed E-state index contributed by atoms with van der Waals surface area (Å²) in [7, 11) is -3.54.